The summed E-state index contributed by atoms with van der Waals surface area (Å²) < 4.78 is 44.0. The van der Waals surface area contributed by atoms with Crippen molar-refractivity contribution in [3.8, 4) is 0 Å². The molecule has 4 rings (SSSR count). The van der Waals surface area contributed by atoms with Gasteiger partial charge in [-0.3, -0.25) is 14.4 Å². The van der Waals surface area contributed by atoms with Crippen molar-refractivity contribution >= 4 is 52.4 Å². The maximum Gasteiger partial charge on any atom is 0.416 e. The van der Waals surface area contributed by atoms with Gasteiger partial charge in [0.05, 0.1) is 23.4 Å². The minimum atomic E-state index is -4.55. The molecule has 3 amide bonds. The van der Waals surface area contributed by atoms with Gasteiger partial charge in [-0.25, -0.2) is 9.69 Å². The lowest BCUT2D eigenvalue weighted by atomic mass is 10.1. The molecule has 1 aliphatic rings. The predicted molar refractivity (Wildman–Crippen MR) is 146 cm³/mol. The Kier molecular flexibility index (Phi) is 8.77. The van der Waals surface area contributed by atoms with Gasteiger partial charge in [-0.15, -0.1) is 0 Å². The second kappa shape index (κ2) is 12.3. The van der Waals surface area contributed by atoms with Gasteiger partial charge in [0.2, 0.25) is 0 Å². The molecule has 0 aromatic heterocycles. The van der Waals surface area contributed by atoms with Crippen molar-refractivity contribution in [3.63, 3.8) is 0 Å². The van der Waals surface area contributed by atoms with E-state index in [1.165, 1.54) is 60.7 Å². The van der Waals surface area contributed by atoms with E-state index < -0.39 is 35.4 Å². The summed E-state index contributed by atoms with van der Waals surface area (Å²) in [5, 5.41) is 4.82. The topological polar surface area (TPSA) is 105 Å². The van der Waals surface area contributed by atoms with Crippen LogP contribution >= 0.6 is 11.6 Å². The Hall–Kier alpha value is -4.64. The lowest BCUT2D eigenvalue weighted by Gasteiger charge is -2.15. The Morgan fingerprint density at radius 2 is 1.56 bits per heavy atom. The van der Waals surface area contributed by atoms with Gasteiger partial charge in [0.1, 0.15) is 10.7 Å². The molecule has 0 bridgehead atoms. The zero-order chi connectivity index (χ0) is 29.7. The minimum Gasteiger partial charge on any atom is -0.462 e. The molecule has 0 aliphatic carbocycles. The van der Waals surface area contributed by atoms with E-state index in [0.717, 1.165) is 29.9 Å². The van der Waals surface area contributed by atoms with Crippen molar-refractivity contribution in [2.24, 2.45) is 0 Å². The number of amides is 3. The Morgan fingerprint density at radius 3 is 2.20 bits per heavy atom. The van der Waals surface area contributed by atoms with Gasteiger partial charge in [-0.2, -0.15) is 13.2 Å². The number of rotatable bonds is 9. The first-order valence-electron chi connectivity index (χ1n) is 12.4. The van der Waals surface area contributed by atoms with E-state index >= 15 is 0 Å². The van der Waals surface area contributed by atoms with Crippen LogP contribution < -0.4 is 15.5 Å². The highest BCUT2D eigenvalue weighted by Crippen LogP contribution is 2.32. The van der Waals surface area contributed by atoms with E-state index in [2.05, 4.69) is 10.6 Å². The fraction of sp³-hybridized carbons (Fsp3) is 0.172. The van der Waals surface area contributed by atoms with E-state index in [-0.39, 0.29) is 39.8 Å². The van der Waals surface area contributed by atoms with Gasteiger partial charge in [-0.05, 0) is 73.2 Å². The number of halogens is 4. The second-order valence-corrected chi connectivity index (χ2v) is 9.28. The Morgan fingerprint density at radius 1 is 0.902 bits per heavy atom. The summed E-state index contributed by atoms with van der Waals surface area (Å²) in [6.07, 6.45) is -2.95. The standard InChI is InChI=1S/C29H23ClF3N3O5/c1-2-3-15-41-28(40)18-9-13-22(14-10-18)36-26(38)23(30)24(27(36)39)34-20-11-7-17(8-12-20)25(37)35-21-6-4-5-19(16-21)29(31,32)33/h4-14,16,34H,2-3,15H2,1H3,(H,35,37). The summed E-state index contributed by atoms with van der Waals surface area (Å²) in [6.45, 7) is 2.26. The number of hydrogen-bond acceptors (Lipinski definition) is 6. The van der Waals surface area contributed by atoms with Crippen LogP contribution in [-0.4, -0.2) is 30.3 Å². The number of carbonyl (C=O) groups excluding carboxylic acids is 4. The number of alkyl halides is 3. The quantitative estimate of drug-likeness (QED) is 0.172. The van der Waals surface area contributed by atoms with Gasteiger partial charge in [-0.1, -0.05) is 31.0 Å². The average molecular weight is 586 g/mol. The van der Waals surface area contributed by atoms with Gasteiger partial charge < -0.3 is 15.4 Å². The third-order valence-electron chi connectivity index (χ3n) is 5.98. The number of esters is 1. The first-order valence-corrected chi connectivity index (χ1v) is 12.8. The number of hydrogen-bond donors (Lipinski definition) is 2. The molecule has 0 unspecified atom stereocenters. The molecule has 41 heavy (non-hydrogen) atoms. The lowest BCUT2D eigenvalue weighted by molar-refractivity contribution is -0.137. The van der Waals surface area contributed by atoms with Crippen molar-refractivity contribution in [3.05, 3.63) is 100 Å². The maximum atomic E-state index is 13.1. The molecule has 8 nitrogen and oxygen atoms in total. The van der Waals surface area contributed by atoms with Gasteiger partial charge in [0.25, 0.3) is 17.7 Å². The summed E-state index contributed by atoms with van der Waals surface area (Å²) in [6, 6.07) is 15.6. The number of carbonyl (C=O) groups is 4. The number of unbranched alkanes of at least 4 members (excludes halogenated alkanes) is 1. The van der Waals surface area contributed by atoms with Crippen molar-refractivity contribution in [2.45, 2.75) is 25.9 Å². The van der Waals surface area contributed by atoms with Crippen molar-refractivity contribution in [2.75, 3.05) is 22.1 Å². The van der Waals surface area contributed by atoms with Crippen LogP contribution in [0.3, 0.4) is 0 Å². The zero-order valence-electron chi connectivity index (χ0n) is 21.5. The van der Waals surface area contributed by atoms with E-state index in [1.54, 1.807) is 0 Å². The summed E-state index contributed by atoms with van der Waals surface area (Å²) in [5.41, 5.74) is -0.203. The summed E-state index contributed by atoms with van der Waals surface area (Å²) in [5.74, 6) is -2.67. The third kappa shape index (κ3) is 6.75. The monoisotopic (exact) mass is 585 g/mol. The van der Waals surface area contributed by atoms with Crippen molar-refractivity contribution < 1.29 is 37.1 Å². The Labute approximate surface area is 237 Å². The molecule has 0 spiro atoms. The molecular formula is C29H23ClF3N3O5. The van der Waals surface area contributed by atoms with Crippen molar-refractivity contribution in [1.29, 1.82) is 0 Å². The molecule has 0 fully saturated rings. The normalized spacial score (nSPS) is 13.4. The number of nitrogens with one attached hydrogen (secondary N) is 2. The first-order chi connectivity index (χ1) is 19.5. The SMILES string of the molecule is CCCCOC(=O)c1ccc(N2C(=O)C(Cl)=C(Nc3ccc(C(=O)Nc4cccc(C(F)(F)F)c4)cc3)C2=O)cc1. The molecule has 0 saturated carbocycles. The molecule has 3 aromatic rings. The lowest BCUT2D eigenvalue weighted by Crippen LogP contribution is -2.32. The zero-order valence-corrected chi connectivity index (χ0v) is 22.3. The Balaban J connectivity index is 1.42. The fourth-order valence-electron chi connectivity index (χ4n) is 3.81. The molecule has 0 saturated heterocycles. The van der Waals surface area contributed by atoms with Crippen LogP contribution in [0.4, 0.5) is 30.2 Å². The van der Waals surface area contributed by atoms with Crippen LogP contribution in [-0.2, 0) is 20.5 Å². The number of ether oxygens (including phenoxy) is 1. The third-order valence-corrected chi connectivity index (χ3v) is 6.33. The molecule has 1 heterocycles. The van der Waals surface area contributed by atoms with Gasteiger partial charge in [0.15, 0.2) is 0 Å². The van der Waals surface area contributed by atoms with Crippen LogP contribution in [0.25, 0.3) is 0 Å². The highest BCUT2D eigenvalue weighted by molar-refractivity contribution is 6.53. The molecule has 0 radical (unpaired) electrons. The van der Waals surface area contributed by atoms with Crippen LogP contribution in [0.2, 0.25) is 0 Å². The predicted octanol–water partition coefficient (Wildman–Crippen LogP) is 6.35. The van der Waals surface area contributed by atoms with E-state index in [4.69, 9.17) is 16.3 Å². The number of benzene rings is 3. The largest absolute Gasteiger partial charge is 0.462 e. The average Bonchev–Trinajstić information content (AvgIpc) is 3.16. The minimum absolute atomic E-state index is 0.0273. The smallest absolute Gasteiger partial charge is 0.416 e. The molecule has 12 heteroatoms. The first kappa shape index (κ1) is 29.3. The molecule has 3 aromatic carbocycles. The van der Waals surface area contributed by atoms with Crippen LogP contribution in [0.1, 0.15) is 46.0 Å². The summed E-state index contributed by atoms with van der Waals surface area (Å²) >= 11 is 6.17. The number of nitrogens with zero attached hydrogens (tertiary/aromatic N) is 1. The van der Waals surface area contributed by atoms with Crippen molar-refractivity contribution in [1.82, 2.24) is 0 Å². The molecule has 212 valence electrons. The molecule has 2 N–H and O–H groups in total. The van der Waals surface area contributed by atoms with E-state index in [0.29, 0.717) is 5.69 Å². The van der Waals surface area contributed by atoms with Crippen LogP contribution in [0, 0.1) is 0 Å². The second-order valence-electron chi connectivity index (χ2n) is 8.91. The summed E-state index contributed by atoms with van der Waals surface area (Å²) in [4.78, 5) is 51.3. The fourth-order valence-corrected chi connectivity index (χ4v) is 4.02. The molecule has 0 atom stereocenters. The van der Waals surface area contributed by atoms with Gasteiger partial charge >= 0.3 is 12.1 Å². The molecule has 1 aliphatic heterocycles. The highest BCUT2D eigenvalue weighted by atomic mass is 35.5. The number of imide groups is 1. The van der Waals surface area contributed by atoms with Crippen LogP contribution in [0.15, 0.2) is 83.5 Å². The van der Waals surface area contributed by atoms with Crippen LogP contribution in [0.5, 0.6) is 0 Å². The number of anilines is 3. The highest BCUT2D eigenvalue weighted by Gasteiger charge is 2.39. The van der Waals surface area contributed by atoms with E-state index in [1.807, 2.05) is 6.92 Å². The maximum absolute atomic E-state index is 13.1. The Bertz CT molecular complexity index is 1520. The summed E-state index contributed by atoms with van der Waals surface area (Å²) in [7, 11) is 0. The van der Waals surface area contributed by atoms with E-state index in [9.17, 15) is 32.3 Å². The van der Waals surface area contributed by atoms with Gasteiger partial charge in [0, 0.05) is 16.9 Å². The molecular weight excluding hydrogens is 563 g/mol.